The molecule has 0 fully saturated rings. The maximum absolute atomic E-state index is 12.5. The highest BCUT2D eigenvalue weighted by Gasteiger charge is 2.40. The lowest BCUT2D eigenvalue weighted by Crippen LogP contribution is -2.50. The van der Waals surface area contributed by atoms with Gasteiger partial charge in [0.2, 0.25) is 5.91 Å². The molecule has 0 aromatic carbocycles. The second-order valence-corrected chi connectivity index (χ2v) is 8.09. The quantitative estimate of drug-likeness (QED) is 0.155. The molecule has 0 aromatic heterocycles. The Morgan fingerprint density at radius 3 is 2.44 bits per heavy atom. The molecule has 0 bridgehead atoms. The molecule has 0 saturated carbocycles. The minimum absolute atomic E-state index is 0.0420. The average molecular weight is 457 g/mol. The van der Waals surface area contributed by atoms with Crippen molar-refractivity contribution in [2.75, 3.05) is 39.5 Å². The van der Waals surface area contributed by atoms with Gasteiger partial charge in [-0.2, -0.15) is 10.2 Å². The number of amides is 3. The Kier molecular flexibility index (Phi) is 11.2. The molecule has 0 saturated heterocycles. The number of carbonyl (C=O) groups is 3. The summed E-state index contributed by atoms with van der Waals surface area (Å²) < 4.78 is 15.4. The third-order valence-electron chi connectivity index (χ3n) is 3.81. The molecular weight excluding hydrogens is 424 g/mol. The monoisotopic (exact) mass is 456 g/mol. The van der Waals surface area contributed by atoms with Crippen molar-refractivity contribution in [1.29, 1.82) is 0 Å². The van der Waals surface area contributed by atoms with E-state index < -0.39 is 35.4 Å². The van der Waals surface area contributed by atoms with Gasteiger partial charge in [-0.05, 0) is 39.6 Å². The van der Waals surface area contributed by atoms with E-state index in [2.05, 4.69) is 36.2 Å². The van der Waals surface area contributed by atoms with Gasteiger partial charge in [0.1, 0.15) is 18.2 Å². The van der Waals surface area contributed by atoms with Crippen LogP contribution in [0.25, 0.3) is 10.4 Å². The Hall–Kier alpha value is -3.12. The molecule has 180 valence electrons. The summed E-state index contributed by atoms with van der Waals surface area (Å²) in [6.45, 7) is 8.14. The average Bonchev–Trinajstić information content (AvgIpc) is 3.41. The Morgan fingerprint density at radius 2 is 1.81 bits per heavy atom. The van der Waals surface area contributed by atoms with Crippen LogP contribution >= 0.6 is 0 Å². The molecule has 0 aliphatic carbocycles. The van der Waals surface area contributed by atoms with Crippen LogP contribution in [0, 0.1) is 0 Å². The molecule has 1 heterocycles. The number of nitrogens with one attached hydrogen (secondary N) is 3. The van der Waals surface area contributed by atoms with Gasteiger partial charge in [0.05, 0.1) is 13.2 Å². The van der Waals surface area contributed by atoms with Crippen molar-refractivity contribution in [1.82, 2.24) is 16.0 Å². The maximum Gasteiger partial charge on any atom is 0.408 e. The smallest absolute Gasteiger partial charge is 0.408 e. The summed E-state index contributed by atoms with van der Waals surface area (Å²) in [5.74, 6) is -0.408. The highest BCUT2D eigenvalue weighted by molar-refractivity contribution is 5.85. The van der Waals surface area contributed by atoms with Gasteiger partial charge in [0.15, 0.2) is 5.66 Å². The van der Waals surface area contributed by atoms with Crippen molar-refractivity contribution in [3.63, 3.8) is 0 Å². The van der Waals surface area contributed by atoms with Gasteiger partial charge in [-0.25, -0.2) is 9.59 Å². The third-order valence-corrected chi connectivity index (χ3v) is 3.81. The minimum Gasteiger partial charge on any atom is -0.447 e. The molecular formula is C18H32N8O6. The fraction of sp³-hybridized carbons (Fsp3) is 0.833. The van der Waals surface area contributed by atoms with Crippen LogP contribution in [0.15, 0.2) is 15.3 Å². The summed E-state index contributed by atoms with van der Waals surface area (Å²) in [4.78, 5) is 38.5. The molecule has 1 atom stereocenters. The molecule has 0 unspecified atom stereocenters. The molecule has 0 radical (unpaired) electrons. The van der Waals surface area contributed by atoms with Crippen molar-refractivity contribution in [2.24, 2.45) is 15.3 Å². The van der Waals surface area contributed by atoms with E-state index in [1.54, 1.807) is 27.7 Å². The van der Waals surface area contributed by atoms with Crippen molar-refractivity contribution < 1.29 is 28.6 Å². The number of ether oxygens (including phenoxy) is 3. The molecule has 0 spiro atoms. The Morgan fingerprint density at radius 1 is 1.09 bits per heavy atom. The number of rotatable bonds is 14. The van der Waals surface area contributed by atoms with E-state index in [0.29, 0.717) is 19.5 Å². The molecule has 14 heteroatoms. The van der Waals surface area contributed by atoms with Crippen LogP contribution in [0.1, 0.15) is 40.5 Å². The van der Waals surface area contributed by atoms with E-state index >= 15 is 0 Å². The largest absolute Gasteiger partial charge is 0.447 e. The summed E-state index contributed by atoms with van der Waals surface area (Å²) in [7, 11) is 0. The van der Waals surface area contributed by atoms with Gasteiger partial charge in [-0.3, -0.25) is 4.79 Å². The van der Waals surface area contributed by atoms with Gasteiger partial charge < -0.3 is 30.2 Å². The van der Waals surface area contributed by atoms with E-state index in [1.807, 2.05) is 0 Å². The van der Waals surface area contributed by atoms with E-state index in [0.717, 1.165) is 0 Å². The second-order valence-electron chi connectivity index (χ2n) is 8.09. The summed E-state index contributed by atoms with van der Waals surface area (Å²) in [6, 6.07) is -0.865. The van der Waals surface area contributed by atoms with Crippen molar-refractivity contribution >= 4 is 18.1 Å². The van der Waals surface area contributed by atoms with Crippen molar-refractivity contribution in [3.8, 4) is 0 Å². The van der Waals surface area contributed by atoms with Crippen molar-refractivity contribution in [2.45, 2.75) is 57.8 Å². The first-order valence-corrected chi connectivity index (χ1v) is 10.3. The van der Waals surface area contributed by atoms with Gasteiger partial charge in [0.25, 0.3) is 0 Å². The molecule has 3 N–H and O–H groups in total. The minimum atomic E-state index is -0.865. The number of hydrogen-bond donors (Lipinski definition) is 3. The first kappa shape index (κ1) is 26.9. The fourth-order valence-electron chi connectivity index (χ4n) is 2.31. The Balaban J connectivity index is 2.20. The van der Waals surface area contributed by atoms with Crippen LogP contribution in [-0.2, 0) is 19.0 Å². The third kappa shape index (κ3) is 13.2. The van der Waals surface area contributed by atoms with Gasteiger partial charge in [-0.15, -0.1) is 0 Å². The fourth-order valence-corrected chi connectivity index (χ4v) is 2.31. The predicted octanol–water partition coefficient (Wildman–Crippen LogP) is 2.01. The van der Waals surface area contributed by atoms with Crippen LogP contribution in [0.3, 0.4) is 0 Å². The Labute approximate surface area is 186 Å². The summed E-state index contributed by atoms with van der Waals surface area (Å²) in [6.07, 6.45) is -0.569. The normalized spacial score (nSPS) is 14.5. The molecule has 1 aliphatic heterocycles. The topological polar surface area (TPSA) is 188 Å². The second kappa shape index (κ2) is 13.3. The number of alkyl carbamates (subject to hydrolysis) is 2. The van der Waals surface area contributed by atoms with Crippen LogP contribution < -0.4 is 16.0 Å². The molecule has 14 nitrogen and oxygen atoms in total. The maximum atomic E-state index is 12.5. The van der Waals surface area contributed by atoms with Gasteiger partial charge in [-0.1, -0.05) is 5.11 Å². The van der Waals surface area contributed by atoms with Crippen molar-refractivity contribution in [3.05, 3.63) is 10.4 Å². The van der Waals surface area contributed by atoms with Crippen LogP contribution in [-0.4, -0.2) is 74.9 Å². The molecule has 32 heavy (non-hydrogen) atoms. The number of hydrogen-bond acceptors (Lipinski definition) is 9. The predicted molar refractivity (Wildman–Crippen MR) is 113 cm³/mol. The number of carbonyl (C=O) groups excluding carboxylic acids is 3. The lowest BCUT2D eigenvalue weighted by Gasteiger charge is -2.24. The van der Waals surface area contributed by atoms with Crippen LogP contribution in [0.4, 0.5) is 9.59 Å². The molecule has 0 aromatic rings. The molecule has 1 rings (SSSR count). The number of azide groups is 1. The Bertz CT molecular complexity index is 711. The van der Waals surface area contributed by atoms with Crippen LogP contribution in [0.2, 0.25) is 0 Å². The lowest BCUT2D eigenvalue weighted by molar-refractivity contribution is -0.123. The van der Waals surface area contributed by atoms with Crippen LogP contribution in [0.5, 0.6) is 0 Å². The number of nitrogens with zero attached hydrogens (tertiary/aromatic N) is 5. The van der Waals surface area contributed by atoms with Gasteiger partial charge >= 0.3 is 12.2 Å². The van der Waals surface area contributed by atoms with E-state index in [9.17, 15) is 14.4 Å². The first-order valence-electron chi connectivity index (χ1n) is 10.3. The highest BCUT2D eigenvalue weighted by Crippen LogP contribution is 2.32. The zero-order valence-corrected chi connectivity index (χ0v) is 18.9. The summed E-state index contributed by atoms with van der Waals surface area (Å²) in [5, 5.41) is 18.8. The summed E-state index contributed by atoms with van der Waals surface area (Å²) >= 11 is 0. The zero-order chi connectivity index (χ0) is 24.0. The zero-order valence-electron chi connectivity index (χ0n) is 18.9. The molecule has 1 aliphatic rings. The lowest BCUT2D eigenvalue weighted by atomic mass is 10.1. The standard InChI is InChI=1S/C18H32N8O6/c1-17(2,3)32-16(29)23-13(12-18(4)24-25-18)14(27)20-8-9-30-10-11-31-15(28)21-6-5-7-22-26-19/h13H,5-12H2,1-4H3,(H,20,27)(H,21,28)(H,23,29)/t13-/m0/s1. The van der Waals surface area contributed by atoms with E-state index in [4.69, 9.17) is 19.7 Å². The van der Waals surface area contributed by atoms with E-state index in [-0.39, 0.29) is 32.8 Å². The SMILES string of the molecule is CC1(C[C@H](NC(=O)OC(C)(C)C)C(=O)NCCOCCOC(=O)NCCCN=[N+]=[N-])N=N1. The summed E-state index contributed by atoms with van der Waals surface area (Å²) in [5.41, 5.74) is 6.76. The highest BCUT2D eigenvalue weighted by atomic mass is 16.6. The first-order chi connectivity index (χ1) is 15.0. The van der Waals surface area contributed by atoms with E-state index in [1.165, 1.54) is 0 Å². The van der Waals surface area contributed by atoms with Gasteiger partial charge in [0, 0.05) is 31.0 Å². The molecule has 3 amide bonds.